The molecule has 0 aliphatic carbocycles. The lowest BCUT2D eigenvalue weighted by Gasteiger charge is -2.35. The highest BCUT2D eigenvalue weighted by Gasteiger charge is 2.45. The van der Waals surface area contributed by atoms with E-state index in [1.807, 2.05) is 83.1 Å². The first kappa shape index (κ1) is 60.0. The van der Waals surface area contributed by atoms with Crippen LogP contribution in [0.1, 0.15) is 78.9 Å². The summed E-state index contributed by atoms with van der Waals surface area (Å²) >= 11 is 4.54. The maximum absolute atomic E-state index is 10.1. The molecule has 0 bridgehead atoms. The van der Waals surface area contributed by atoms with E-state index in [0.717, 1.165) is 18.4 Å². The van der Waals surface area contributed by atoms with Crippen LogP contribution >= 0.6 is 12.6 Å². The molecule has 0 radical (unpaired) electrons. The Morgan fingerprint density at radius 3 is 1.37 bits per heavy atom. The van der Waals surface area contributed by atoms with Gasteiger partial charge in [-0.2, -0.15) is 12.6 Å². The minimum atomic E-state index is -3.32. The van der Waals surface area contributed by atoms with Crippen LogP contribution in [0.3, 0.4) is 0 Å². The summed E-state index contributed by atoms with van der Waals surface area (Å²) in [6.07, 6.45) is 2.80. The van der Waals surface area contributed by atoms with Gasteiger partial charge in [-0.15, -0.1) is 0 Å². The molecule has 10 unspecified atom stereocenters. The summed E-state index contributed by atoms with van der Waals surface area (Å²) in [5.74, 6) is 0.401. The van der Waals surface area contributed by atoms with Crippen molar-refractivity contribution in [2.45, 2.75) is 98.3 Å². The molecule has 2 aromatic rings. The second-order valence-electron chi connectivity index (χ2n) is 18.7. The highest BCUT2D eigenvalue weighted by atomic mass is 32.1. The maximum Gasteiger partial charge on any atom is 0.505 e. The normalized spacial score (nSPS) is 18.2. The average molecular weight is 990 g/mol. The largest absolute Gasteiger partial charge is 0.505 e. The molecule has 0 aromatic heterocycles. The standard InChI is InChI=1S/C48H88O13SSi3/c1-40(27-49)19-22-55-65(61-35-44(5)30-52,39-48-17-12-9-13-18-48)60-32-41(2)20-23-54-64(25-14-24-62,58-34-43(4)29-51)59-37-46(7)36-57-63(38-45(6)31-53,56-33-42(3)28-50)26-21-47-15-10-8-11-16-47/h8-13,15-18,40-46,49-53,62H,14,19-39H2,1-7H3. The van der Waals surface area contributed by atoms with Crippen LogP contribution in [0.5, 0.6) is 0 Å². The zero-order valence-electron chi connectivity index (χ0n) is 40.8. The molecule has 0 fully saturated rings. The van der Waals surface area contributed by atoms with Gasteiger partial charge < -0.3 is 60.9 Å². The maximum atomic E-state index is 10.1. The van der Waals surface area contributed by atoms with Crippen molar-refractivity contribution in [3.63, 3.8) is 0 Å². The SMILES string of the molecule is CC(CO)CCO[Si](Cc1ccccc1)(OCC(C)CO)OCC(C)CCO[Si](CCCS)(OCC(C)CO)OCC(C)CO[Si](CCc1ccccc1)(CC(C)CO)OCC(C)CO. The van der Waals surface area contributed by atoms with Crippen molar-refractivity contribution in [2.24, 2.45) is 41.4 Å². The molecule has 0 saturated carbocycles. The van der Waals surface area contributed by atoms with Crippen molar-refractivity contribution in [2.75, 3.05) is 91.6 Å². The van der Waals surface area contributed by atoms with E-state index in [1.54, 1.807) is 0 Å². The number of thiol groups is 1. The quantitative estimate of drug-likeness (QED) is 0.0298. The Morgan fingerprint density at radius 1 is 0.446 bits per heavy atom. The molecule has 0 amide bonds. The number of hydrogen-bond acceptors (Lipinski definition) is 14. The number of hydrogen-bond donors (Lipinski definition) is 6. The molecular weight excluding hydrogens is 901 g/mol. The zero-order chi connectivity index (χ0) is 48.0. The Kier molecular flexibility index (Phi) is 31.6. The third-order valence-electron chi connectivity index (χ3n) is 11.2. The van der Waals surface area contributed by atoms with Crippen LogP contribution in [0.15, 0.2) is 60.7 Å². The van der Waals surface area contributed by atoms with Crippen molar-refractivity contribution in [3.8, 4) is 0 Å². The molecule has 65 heavy (non-hydrogen) atoms. The van der Waals surface area contributed by atoms with E-state index in [9.17, 15) is 25.5 Å². The Hall–Kier alpha value is -1.08. The molecule has 13 nitrogen and oxygen atoms in total. The molecular formula is C48H88O13SSi3. The molecule has 2 aromatic carbocycles. The number of aliphatic hydroxyl groups excluding tert-OH is 5. The van der Waals surface area contributed by atoms with Crippen LogP contribution in [-0.2, 0) is 47.9 Å². The predicted molar refractivity (Wildman–Crippen MR) is 267 cm³/mol. The van der Waals surface area contributed by atoms with Gasteiger partial charge in [-0.3, -0.25) is 0 Å². The van der Waals surface area contributed by atoms with Gasteiger partial charge in [-0.25, -0.2) is 0 Å². The fraction of sp³-hybridized carbons (Fsp3) is 0.750. The van der Waals surface area contributed by atoms with Gasteiger partial charge in [0.05, 0.1) is 0 Å². The molecule has 2 rings (SSSR count). The first-order valence-electron chi connectivity index (χ1n) is 24.0. The Morgan fingerprint density at radius 2 is 0.862 bits per heavy atom. The number of aliphatic hydroxyl groups is 5. The minimum Gasteiger partial charge on any atom is -0.396 e. The van der Waals surface area contributed by atoms with Crippen LogP contribution < -0.4 is 0 Å². The average Bonchev–Trinajstić information content (AvgIpc) is 3.33. The van der Waals surface area contributed by atoms with Crippen molar-refractivity contribution in [1.29, 1.82) is 0 Å². The lowest BCUT2D eigenvalue weighted by atomic mass is 10.1. The summed E-state index contributed by atoms with van der Waals surface area (Å²) in [4.78, 5) is 0. The van der Waals surface area contributed by atoms with E-state index in [2.05, 4.69) is 38.6 Å². The third kappa shape index (κ3) is 25.4. The Balaban J connectivity index is 2.27. The predicted octanol–water partition coefficient (Wildman–Crippen LogP) is 6.98. The van der Waals surface area contributed by atoms with Gasteiger partial charge >= 0.3 is 26.2 Å². The van der Waals surface area contributed by atoms with Crippen LogP contribution in [-0.4, -0.2) is 143 Å². The molecule has 17 heteroatoms. The number of rotatable bonds is 41. The van der Waals surface area contributed by atoms with Gasteiger partial charge in [0.25, 0.3) is 0 Å². The van der Waals surface area contributed by atoms with Crippen LogP contribution in [0.25, 0.3) is 0 Å². The second kappa shape index (κ2) is 34.3. The first-order chi connectivity index (χ1) is 31.2. The minimum absolute atomic E-state index is 0.0124. The van der Waals surface area contributed by atoms with Crippen molar-refractivity contribution < 1.29 is 60.9 Å². The van der Waals surface area contributed by atoms with Gasteiger partial charge in [-0.05, 0) is 72.4 Å². The first-order valence-corrected chi connectivity index (χ1v) is 30.8. The lowest BCUT2D eigenvalue weighted by Crippen LogP contribution is -2.51. The summed E-state index contributed by atoms with van der Waals surface area (Å²) in [7, 11) is -9.55. The Bertz CT molecular complexity index is 1450. The van der Waals surface area contributed by atoms with Gasteiger partial charge in [0.15, 0.2) is 0 Å². The molecule has 0 saturated heterocycles. The van der Waals surface area contributed by atoms with E-state index < -0.39 is 26.2 Å². The fourth-order valence-electron chi connectivity index (χ4n) is 6.62. The van der Waals surface area contributed by atoms with E-state index in [-0.39, 0.29) is 81.1 Å². The molecule has 5 N–H and O–H groups in total. The zero-order valence-corrected chi connectivity index (χ0v) is 44.7. The van der Waals surface area contributed by atoms with E-state index in [1.165, 1.54) is 5.56 Å². The molecule has 376 valence electrons. The highest BCUT2D eigenvalue weighted by molar-refractivity contribution is 7.80. The monoisotopic (exact) mass is 989 g/mol. The smallest absolute Gasteiger partial charge is 0.396 e. The van der Waals surface area contributed by atoms with Gasteiger partial charge in [0, 0.05) is 122 Å². The van der Waals surface area contributed by atoms with Crippen molar-refractivity contribution in [3.05, 3.63) is 71.8 Å². The van der Waals surface area contributed by atoms with E-state index >= 15 is 0 Å². The van der Waals surface area contributed by atoms with Gasteiger partial charge in [0.1, 0.15) is 0 Å². The van der Waals surface area contributed by atoms with E-state index in [4.69, 9.17) is 35.4 Å². The summed E-state index contributed by atoms with van der Waals surface area (Å²) in [6, 6.07) is 22.7. The number of benzene rings is 2. The molecule has 0 aliphatic heterocycles. The molecule has 0 heterocycles. The highest BCUT2D eigenvalue weighted by Crippen LogP contribution is 2.29. The summed E-state index contributed by atoms with van der Waals surface area (Å²) in [5, 5.41) is 49.5. The van der Waals surface area contributed by atoms with Crippen molar-refractivity contribution in [1.82, 2.24) is 0 Å². The van der Waals surface area contributed by atoms with Gasteiger partial charge in [-0.1, -0.05) is 109 Å². The summed E-state index contributed by atoms with van der Waals surface area (Å²) in [6.45, 7) is 16.8. The Labute approximate surface area is 401 Å². The van der Waals surface area contributed by atoms with Gasteiger partial charge in [0.2, 0.25) is 0 Å². The fourth-order valence-corrected chi connectivity index (χ4v) is 16.5. The summed E-state index contributed by atoms with van der Waals surface area (Å²) in [5.41, 5.74) is 2.23. The van der Waals surface area contributed by atoms with Crippen LogP contribution in [0.4, 0.5) is 0 Å². The second-order valence-corrected chi connectivity index (χ2v) is 27.8. The molecule has 0 spiro atoms. The van der Waals surface area contributed by atoms with E-state index in [0.29, 0.717) is 89.0 Å². The van der Waals surface area contributed by atoms with Crippen LogP contribution in [0, 0.1) is 41.4 Å². The molecule has 10 atom stereocenters. The number of aryl methyl sites for hydroxylation is 1. The van der Waals surface area contributed by atoms with Crippen molar-refractivity contribution >= 4 is 38.8 Å². The summed E-state index contributed by atoms with van der Waals surface area (Å²) < 4.78 is 53.6. The van der Waals surface area contributed by atoms with Crippen LogP contribution in [0.2, 0.25) is 18.1 Å². The molecule has 0 aliphatic rings. The topological polar surface area (TPSA) is 175 Å². The third-order valence-corrected chi connectivity index (χ3v) is 20.8. The lowest BCUT2D eigenvalue weighted by molar-refractivity contribution is 0.0153.